The number of pyridine rings is 1. The molecule has 0 aliphatic rings. The number of nitrogens with one attached hydrogen (secondary N) is 1. The van der Waals surface area contributed by atoms with Crippen LogP contribution < -0.4 is 10.1 Å². The smallest absolute Gasteiger partial charge is 0.193 e. The van der Waals surface area contributed by atoms with E-state index in [1.807, 2.05) is 19.2 Å². The molecule has 0 aliphatic carbocycles. The average molecular weight is 326 g/mol. The van der Waals surface area contributed by atoms with Gasteiger partial charge < -0.3 is 15.0 Å². The summed E-state index contributed by atoms with van der Waals surface area (Å²) in [7, 11) is 3.83. The van der Waals surface area contributed by atoms with Gasteiger partial charge in [0.05, 0.1) is 12.7 Å². The predicted molar refractivity (Wildman–Crippen MR) is 98.4 cm³/mol. The second-order valence-corrected chi connectivity index (χ2v) is 5.54. The maximum atomic E-state index is 5.63. The molecule has 5 heteroatoms. The lowest BCUT2D eigenvalue weighted by Gasteiger charge is -2.22. The van der Waals surface area contributed by atoms with E-state index in [9.17, 15) is 0 Å². The van der Waals surface area contributed by atoms with E-state index >= 15 is 0 Å². The Morgan fingerprint density at radius 2 is 1.96 bits per heavy atom. The summed E-state index contributed by atoms with van der Waals surface area (Å²) in [6, 6.07) is 12.5. The zero-order valence-electron chi connectivity index (χ0n) is 14.7. The number of hydrogen-bond acceptors (Lipinski definition) is 3. The lowest BCUT2D eigenvalue weighted by atomic mass is 10.1. The molecule has 24 heavy (non-hydrogen) atoms. The van der Waals surface area contributed by atoms with Crippen molar-refractivity contribution >= 4 is 5.96 Å². The molecule has 5 nitrogen and oxygen atoms in total. The molecule has 0 saturated carbocycles. The first-order chi connectivity index (χ1) is 11.7. The zero-order valence-corrected chi connectivity index (χ0v) is 14.7. The molecule has 0 aliphatic heterocycles. The van der Waals surface area contributed by atoms with Crippen LogP contribution in [-0.4, -0.2) is 43.1 Å². The van der Waals surface area contributed by atoms with Gasteiger partial charge in [-0.3, -0.25) is 9.98 Å². The summed E-state index contributed by atoms with van der Waals surface area (Å²) in [5.74, 6) is 1.63. The monoisotopic (exact) mass is 326 g/mol. The van der Waals surface area contributed by atoms with Crippen molar-refractivity contribution in [3.05, 3.63) is 59.9 Å². The van der Waals surface area contributed by atoms with E-state index in [1.54, 1.807) is 19.4 Å². The number of aromatic nitrogens is 1. The van der Waals surface area contributed by atoms with Crippen LogP contribution in [-0.2, 0) is 13.0 Å². The lowest BCUT2D eigenvalue weighted by molar-refractivity contribution is 0.318. The lowest BCUT2D eigenvalue weighted by Crippen LogP contribution is -2.40. The molecular weight excluding hydrogens is 300 g/mol. The number of aliphatic imine (C=N–C) groups is 1. The fourth-order valence-corrected chi connectivity index (χ4v) is 2.38. The van der Waals surface area contributed by atoms with Gasteiger partial charge in [0.1, 0.15) is 12.4 Å². The number of rotatable bonds is 7. The second-order valence-electron chi connectivity index (χ2n) is 5.54. The van der Waals surface area contributed by atoms with Crippen molar-refractivity contribution in [2.45, 2.75) is 19.9 Å². The number of hydrogen-bond donors (Lipinski definition) is 1. The third-order valence-electron chi connectivity index (χ3n) is 3.71. The molecule has 0 bridgehead atoms. The third-order valence-corrected chi connectivity index (χ3v) is 3.71. The SMILES string of the molecule is CCc1ccc(CN(C)C(=NC)NCCOc2cccnc2)cc1. The molecular formula is C19H26N4O. The highest BCUT2D eigenvalue weighted by Crippen LogP contribution is 2.08. The van der Waals surface area contributed by atoms with Gasteiger partial charge in [0, 0.05) is 26.8 Å². The highest BCUT2D eigenvalue weighted by molar-refractivity contribution is 5.79. The molecule has 0 radical (unpaired) electrons. The van der Waals surface area contributed by atoms with Crippen LogP contribution in [0.4, 0.5) is 0 Å². The molecule has 2 rings (SSSR count). The summed E-state index contributed by atoms with van der Waals surface area (Å²) in [5, 5.41) is 3.31. The van der Waals surface area contributed by atoms with Gasteiger partial charge in [-0.2, -0.15) is 0 Å². The number of ether oxygens (including phenoxy) is 1. The van der Waals surface area contributed by atoms with E-state index < -0.39 is 0 Å². The van der Waals surface area contributed by atoms with Gasteiger partial charge >= 0.3 is 0 Å². The molecule has 0 atom stereocenters. The number of benzene rings is 1. The molecule has 1 aromatic carbocycles. The molecule has 0 amide bonds. The van der Waals surface area contributed by atoms with Crippen LogP contribution in [0.2, 0.25) is 0 Å². The largest absolute Gasteiger partial charge is 0.490 e. The minimum Gasteiger partial charge on any atom is -0.490 e. The van der Waals surface area contributed by atoms with E-state index in [4.69, 9.17) is 4.74 Å². The molecule has 0 saturated heterocycles. The van der Waals surface area contributed by atoms with Crippen LogP contribution in [0.25, 0.3) is 0 Å². The van der Waals surface area contributed by atoms with Crippen LogP contribution in [0.1, 0.15) is 18.1 Å². The summed E-state index contributed by atoms with van der Waals surface area (Å²) < 4.78 is 5.63. The Bertz CT molecular complexity index is 626. The standard InChI is InChI=1S/C19H26N4O/c1-4-16-7-9-17(10-8-16)15-23(3)19(20-2)22-12-13-24-18-6-5-11-21-14-18/h5-11,14H,4,12-13,15H2,1-3H3,(H,20,22). The van der Waals surface area contributed by atoms with Crippen molar-refractivity contribution in [1.29, 1.82) is 0 Å². The highest BCUT2D eigenvalue weighted by Gasteiger charge is 2.06. The quantitative estimate of drug-likeness (QED) is 0.483. The van der Waals surface area contributed by atoms with E-state index in [2.05, 4.69) is 51.4 Å². The topological polar surface area (TPSA) is 49.8 Å². The van der Waals surface area contributed by atoms with Crippen molar-refractivity contribution in [3.63, 3.8) is 0 Å². The Kier molecular flexibility index (Phi) is 7.08. The molecule has 0 spiro atoms. The summed E-state index contributed by atoms with van der Waals surface area (Å²) in [6.45, 7) is 4.22. The van der Waals surface area contributed by atoms with Crippen molar-refractivity contribution in [1.82, 2.24) is 15.2 Å². The summed E-state index contributed by atoms with van der Waals surface area (Å²) in [4.78, 5) is 10.5. The van der Waals surface area contributed by atoms with E-state index in [0.29, 0.717) is 13.2 Å². The molecule has 0 unspecified atom stereocenters. The van der Waals surface area contributed by atoms with Crippen LogP contribution in [0.15, 0.2) is 53.8 Å². The van der Waals surface area contributed by atoms with Crippen LogP contribution >= 0.6 is 0 Å². The number of nitrogens with zero attached hydrogens (tertiary/aromatic N) is 3. The zero-order chi connectivity index (χ0) is 17.2. The summed E-state index contributed by atoms with van der Waals surface area (Å²) >= 11 is 0. The average Bonchev–Trinajstić information content (AvgIpc) is 2.63. The molecule has 1 aromatic heterocycles. The fraction of sp³-hybridized carbons (Fsp3) is 0.368. The summed E-state index contributed by atoms with van der Waals surface area (Å²) in [5.41, 5.74) is 2.63. The molecule has 1 N–H and O–H groups in total. The molecule has 0 fully saturated rings. The van der Waals surface area contributed by atoms with Crippen molar-refractivity contribution in [2.24, 2.45) is 4.99 Å². The predicted octanol–water partition coefficient (Wildman–Crippen LogP) is 2.73. The Hall–Kier alpha value is -2.56. The van der Waals surface area contributed by atoms with Gasteiger partial charge in [-0.15, -0.1) is 0 Å². The van der Waals surface area contributed by atoms with E-state index in [-0.39, 0.29) is 0 Å². The number of guanidine groups is 1. The maximum absolute atomic E-state index is 5.63. The first-order valence-corrected chi connectivity index (χ1v) is 8.25. The second kappa shape index (κ2) is 9.55. The van der Waals surface area contributed by atoms with Gasteiger partial charge in [0.2, 0.25) is 0 Å². The maximum Gasteiger partial charge on any atom is 0.193 e. The fourth-order valence-electron chi connectivity index (χ4n) is 2.38. The Balaban J connectivity index is 1.77. The van der Waals surface area contributed by atoms with Gasteiger partial charge in [-0.05, 0) is 29.7 Å². The van der Waals surface area contributed by atoms with Gasteiger partial charge in [0.25, 0.3) is 0 Å². The highest BCUT2D eigenvalue weighted by atomic mass is 16.5. The third kappa shape index (κ3) is 5.57. The Morgan fingerprint density at radius 3 is 2.58 bits per heavy atom. The normalized spacial score (nSPS) is 11.2. The van der Waals surface area contributed by atoms with Gasteiger partial charge in [-0.1, -0.05) is 31.2 Å². The molecule has 2 aromatic rings. The molecule has 1 heterocycles. The van der Waals surface area contributed by atoms with Gasteiger partial charge in [0.15, 0.2) is 5.96 Å². The van der Waals surface area contributed by atoms with Crippen LogP contribution in [0.3, 0.4) is 0 Å². The van der Waals surface area contributed by atoms with E-state index in [0.717, 1.165) is 24.7 Å². The van der Waals surface area contributed by atoms with Crippen molar-refractivity contribution in [3.8, 4) is 5.75 Å². The van der Waals surface area contributed by atoms with Crippen LogP contribution in [0.5, 0.6) is 5.75 Å². The summed E-state index contributed by atoms with van der Waals surface area (Å²) in [6.07, 6.45) is 4.51. The van der Waals surface area contributed by atoms with Crippen molar-refractivity contribution < 1.29 is 4.74 Å². The Morgan fingerprint density at radius 1 is 1.21 bits per heavy atom. The first kappa shape index (κ1) is 17.8. The molecule has 128 valence electrons. The minimum absolute atomic E-state index is 0.559. The Labute approximate surface area is 144 Å². The van der Waals surface area contributed by atoms with Crippen molar-refractivity contribution in [2.75, 3.05) is 27.2 Å². The minimum atomic E-state index is 0.559. The van der Waals surface area contributed by atoms with E-state index in [1.165, 1.54) is 11.1 Å². The number of aryl methyl sites for hydroxylation is 1. The first-order valence-electron chi connectivity index (χ1n) is 8.25. The van der Waals surface area contributed by atoms with Gasteiger partial charge in [-0.25, -0.2) is 0 Å². The van der Waals surface area contributed by atoms with Crippen LogP contribution in [0, 0.1) is 0 Å².